The number of fused-ring (bicyclic) bond motifs is 1. The lowest BCUT2D eigenvalue weighted by Crippen LogP contribution is -2.30. The number of benzene rings is 1. The minimum absolute atomic E-state index is 0.390. The predicted octanol–water partition coefficient (Wildman–Crippen LogP) is 2.45. The van der Waals surface area contributed by atoms with Crippen LogP contribution in [0.5, 0.6) is 0 Å². The molecule has 1 aliphatic rings. The first-order valence-electron chi connectivity index (χ1n) is 4.92. The summed E-state index contributed by atoms with van der Waals surface area (Å²) in [6.07, 6.45) is 2.37. The van der Waals surface area contributed by atoms with Crippen LogP contribution in [0, 0.1) is 0 Å². The van der Waals surface area contributed by atoms with Crippen molar-refractivity contribution in [2.45, 2.75) is 6.42 Å². The van der Waals surface area contributed by atoms with Crippen molar-refractivity contribution in [1.82, 2.24) is 0 Å². The van der Waals surface area contributed by atoms with Gasteiger partial charge in [-0.15, -0.1) is 6.58 Å². The van der Waals surface area contributed by atoms with Crippen molar-refractivity contribution in [2.75, 3.05) is 11.4 Å². The first-order valence-corrected chi connectivity index (χ1v) is 5.29. The van der Waals surface area contributed by atoms with Gasteiger partial charge >= 0.3 is 0 Å². The molecule has 0 saturated carbocycles. The molecule has 1 heterocycles. The van der Waals surface area contributed by atoms with Crippen LogP contribution in [0.15, 0.2) is 30.9 Å². The molecule has 0 aliphatic carbocycles. The van der Waals surface area contributed by atoms with Gasteiger partial charge < -0.3 is 4.90 Å². The number of ketones is 1. The fourth-order valence-electron chi connectivity index (χ4n) is 1.72. The molecule has 1 aromatic rings. The summed E-state index contributed by atoms with van der Waals surface area (Å²) < 4.78 is 0. The quantitative estimate of drug-likeness (QED) is 0.596. The molecule has 0 saturated heterocycles. The Kier molecular flexibility index (Phi) is 2.79. The lowest BCUT2D eigenvalue weighted by molar-refractivity contribution is -0.114. The number of hydrogen-bond acceptors (Lipinski definition) is 2. The van der Waals surface area contributed by atoms with Crippen LogP contribution in [0.4, 0.5) is 5.69 Å². The predicted molar refractivity (Wildman–Crippen MR) is 62.9 cm³/mol. The number of carbonyl (C=O) groups excluding carboxylic acids is 2. The van der Waals surface area contributed by atoms with E-state index in [2.05, 4.69) is 6.58 Å². The van der Waals surface area contributed by atoms with Crippen LogP contribution < -0.4 is 4.90 Å². The first-order chi connectivity index (χ1) is 7.65. The zero-order valence-electron chi connectivity index (χ0n) is 8.57. The molecule has 0 atom stereocenters. The van der Waals surface area contributed by atoms with Crippen molar-refractivity contribution in [1.29, 1.82) is 0 Å². The maximum absolute atomic E-state index is 11.7. The largest absolute Gasteiger partial charge is 0.304 e. The summed E-state index contributed by atoms with van der Waals surface area (Å²) in [5.41, 5.74) is 1.03. The van der Waals surface area contributed by atoms with Crippen LogP contribution in [0.25, 0.3) is 0 Å². The van der Waals surface area contributed by atoms with Crippen LogP contribution in [0.3, 0.4) is 0 Å². The lowest BCUT2D eigenvalue weighted by Gasteiger charge is -2.14. The number of anilines is 1. The summed E-state index contributed by atoms with van der Waals surface area (Å²) >= 11 is 5.79. The maximum Gasteiger partial charge on any atom is 0.299 e. The smallest absolute Gasteiger partial charge is 0.299 e. The average molecular weight is 236 g/mol. The number of rotatable bonds is 3. The molecule has 0 unspecified atom stereocenters. The van der Waals surface area contributed by atoms with Gasteiger partial charge in [0, 0.05) is 11.6 Å². The molecule has 4 heteroatoms. The average Bonchev–Trinajstić information content (AvgIpc) is 2.50. The fraction of sp³-hybridized carbons (Fsp3) is 0.167. The van der Waals surface area contributed by atoms with E-state index in [-0.39, 0.29) is 0 Å². The number of Topliss-reactive ketones (excluding diaryl/α,β-unsaturated/α-hetero) is 1. The van der Waals surface area contributed by atoms with Crippen molar-refractivity contribution >= 4 is 29.0 Å². The van der Waals surface area contributed by atoms with E-state index in [1.54, 1.807) is 18.2 Å². The molecule has 82 valence electrons. The molecule has 3 nitrogen and oxygen atoms in total. The summed E-state index contributed by atoms with van der Waals surface area (Å²) in [6, 6.07) is 4.90. The lowest BCUT2D eigenvalue weighted by atomic mass is 10.1. The third kappa shape index (κ3) is 1.63. The van der Waals surface area contributed by atoms with Crippen molar-refractivity contribution in [3.05, 3.63) is 41.4 Å². The van der Waals surface area contributed by atoms with E-state index in [1.165, 1.54) is 11.0 Å². The van der Waals surface area contributed by atoms with Gasteiger partial charge in [-0.2, -0.15) is 0 Å². The highest BCUT2D eigenvalue weighted by molar-refractivity contribution is 6.52. The second-order valence-corrected chi connectivity index (χ2v) is 3.96. The van der Waals surface area contributed by atoms with Crippen LogP contribution in [-0.2, 0) is 4.79 Å². The molecule has 0 aromatic heterocycles. The molecule has 16 heavy (non-hydrogen) atoms. The highest BCUT2D eigenvalue weighted by atomic mass is 35.5. The van der Waals surface area contributed by atoms with Crippen LogP contribution in [0.1, 0.15) is 16.8 Å². The Bertz CT molecular complexity index is 482. The number of hydrogen-bond donors (Lipinski definition) is 0. The van der Waals surface area contributed by atoms with E-state index in [9.17, 15) is 9.59 Å². The third-order valence-electron chi connectivity index (χ3n) is 2.49. The summed E-state index contributed by atoms with van der Waals surface area (Å²) in [6.45, 7) is 4.07. The molecule has 0 radical (unpaired) electrons. The molecule has 1 aromatic carbocycles. The second kappa shape index (κ2) is 4.10. The van der Waals surface area contributed by atoms with Gasteiger partial charge in [-0.3, -0.25) is 9.59 Å². The van der Waals surface area contributed by atoms with E-state index >= 15 is 0 Å². The summed E-state index contributed by atoms with van der Waals surface area (Å²) in [5.74, 6) is -0.972. The Morgan fingerprint density at radius 1 is 1.38 bits per heavy atom. The molecule has 0 N–H and O–H groups in total. The van der Waals surface area contributed by atoms with Crippen molar-refractivity contribution in [3.8, 4) is 0 Å². The van der Waals surface area contributed by atoms with Crippen LogP contribution in [0.2, 0.25) is 5.02 Å². The van der Waals surface area contributed by atoms with Crippen LogP contribution in [-0.4, -0.2) is 18.2 Å². The Morgan fingerprint density at radius 2 is 2.12 bits per heavy atom. The van der Waals surface area contributed by atoms with Crippen LogP contribution >= 0.6 is 11.6 Å². The van der Waals surface area contributed by atoms with Crippen molar-refractivity contribution in [2.24, 2.45) is 0 Å². The standard InChI is InChI=1S/C12H10ClNO2/c1-2-3-6-14-10-5-4-8(13)7-9(10)11(15)12(14)16/h2,4-5,7H,1,3,6H2. The zero-order valence-corrected chi connectivity index (χ0v) is 9.33. The van der Waals surface area contributed by atoms with E-state index < -0.39 is 11.7 Å². The number of amides is 1. The number of halogens is 1. The van der Waals surface area contributed by atoms with E-state index in [0.717, 1.165) is 0 Å². The molecular weight excluding hydrogens is 226 g/mol. The van der Waals surface area contributed by atoms with E-state index in [4.69, 9.17) is 11.6 Å². The van der Waals surface area contributed by atoms with Gasteiger partial charge in [0.15, 0.2) is 0 Å². The summed E-state index contributed by atoms with van der Waals surface area (Å²) in [4.78, 5) is 24.8. The summed E-state index contributed by atoms with van der Waals surface area (Å²) in [5, 5.41) is 0.463. The minimum Gasteiger partial charge on any atom is -0.304 e. The molecule has 0 spiro atoms. The van der Waals surface area contributed by atoms with Crippen molar-refractivity contribution < 1.29 is 9.59 Å². The molecule has 1 amide bonds. The molecule has 0 fully saturated rings. The van der Waals surface area contributed by atoms with Gasteiger partial charge in [0.2, 0.25) is 0 Å². The fourth-order valence-corrected chi connectivity index (χ4v) is 1.89. The SMILES string of the molecule is C=CCCN1C(=O)C(=O)c2cc(Cl)ccc21. The molecule has 1 aliphatic heterocycles. The zero-order chi connectivity index (χ0) is 11.7. The van der Waals surface area contributed by atoms with Gasteiger partial charge in [-0.05, 0) is 24.6 Å². The van der Waals surface area contributed by atoms with Gasteiger partial charge in [0.1, 0.15) is 0 Å². The van der Waals surface area contributed by atoms with Gasteiger partial charge in [0.25, 0.3) is 11.7 Å². The topological polar surface area (TPSA) is 37.4 Å². The van der Waals surface area contributed by atoms with Gasteiger partial charge in [0.05, 0.1) is 11.3 Å². The normalized spacial score (nSPS) is 14.2. The van der Waals surface area contributed by atoms with E-state index in [0.29, 0.717) is 29.2 Å². The number of carbonyl (C=O) groups is 2. The molecular formula is C12H10ClNO2. The Morgan fingerprint density at radius 3 is 2.81 bits per heavy atom. The summed E-state index contributed by atoms with van der Waals surface area (Å²) in [7, 11) is 0. The van der Waals surface area contributed by atoms with Crippen molar-refractivity contribution in [3.63, 3.8) is 0 Å². The van der Waals surface area contributed by atoms with Gasteiger partial charge in [-0.1, -0.05) is 17.7 Å². The minimum atomic E-state index is -0.487. The number of nitrogens with zero attached hydrogens (tertiary/aromatic N) is 1. The maximum atomic E-state index is 11.7. The second-order valence-electron chi connectivity index (χ2n) is 3.52. The third-order valence-corrected chi connectivity index (χ3v) is 2.73. The Hall–Kier alpha value is -1.61. The Labute approximate surface area is 98.3 Å². The highest BCUT2D eigenvalue weighted by Gasteiger charge is 2.35. The first kappa shape index (κ1) is 10.9. The highest BCUT2D eigenvalue weighted by Crippen LogP contribution is 2.31. The van der Waals surface area contributed by atoms with E-state index in [1.807, 2.05) is 0 Å². The monoisotopic (exact) mass is 235 g/mol. The molecule has 2 rings (SSSR count). The van der Waals surface area contributed by atoms with Gasteiger partial charge in [-0.25, -0.2) is 0 Å². The molecule has 0 bridgehead atoms. The Balaban J connectivity index is 2.41.